The fraction of sp³-hybridized carbons (Fsp3) is 0.222. The lowest BCUT2D eigenvalue weighted by Gasteiger charge is -2.10. The summed E-state index contributed by atoms with van der Waals surface area (Å²) in [4.78, 5) is 12.1. The van der Waals surface area contributed by atoms with Gasteiger partial charge in [0, 0.05) is 16.1 Å². The van der Waals surface area contributed by atoms with Crippen molar-refractivity contribution in [2.45, 2.75) is 26.9 Å². The standard InChI is InChI=1S/C18H19ClN2O3/c1-11(2)24-15-7-4-13(5-8-15)18(23)21-20-12(3)16-10-14(19)6-9-17(16)22/h4-11,22H,1-3H3,(H,21,23)/b20-12+. The molecule has 0 unspecified atom stereocenters. The highest BCUT2D eigenvalue weighted by atomic mass is 35.5. The Balaban J connectivity index is 2.07. The SMILES string of the molecule is C/C(=N\NC(=O)c1ccc(OC(C)C)cc1)c1cc(Cl)ccc1O. The molecule has 6 heteroatoms. The zero-order valence-corrected chi connectivity index (χ0v) is 14.5. The molecule has 5 nitrogen and oxygen atoms in total. The number of nitrogens with zero attached hydrogens (tertiary/aromatic N) is 1. The quantitative estimate of drug-likeness (QED) is 0.635. The smallest absolute Gasteiger partial charge is 0.271 e. The monoisotopic (exact) mass is 346 g/mol. The number of aromatic hydroxyl groups is 1. The van der Waals surface area contributed by atoms with Crippen molar-refractivity contribution >= 4 is 23.2 Å². The Hall–Kier alpha value is -2.53. The molecule has 0 radical (unpaired) electrons. The topological polar surface area (TPSA) is 70.9 Å². The summed E-state index contributed by atoms with van der Waals surface area (Å²) in [6.45, 7) is 5.54. The minimum atomic E-state index is -0.355. The molecule has 2 rings (SSSR count). The average molecular weight is 347 g/mol. The molecule has 0 atom stereocenters. The number of rotatable bonds is 5. The Morgan fingerprint density at radius 2 is 1.88 bits per heavy atom. The fourth-order valence-corrected chi connectivity index (χ4v) is 2.19. The van der Waals surface area contributed by atoms with E-state index in [0.717, 1.165) is 0 Å². The number of carbonyl (C=O) groups excluding carboxylic acids is 1. The summed E-state index contributed by atoms with van der Waals surface area (Å²) in [5.41, 5.74) is 3.82. The summed E-state index contributed by atoms with van der Waals surface area (Å²) >= 11 is 5.90. The van der Waals surface area contributed by atoms with Gasteiger partial charge < -0.3 is 9.84 Å². The van der Waals surface area contributed by atoms with Crippen LogP contribution < -0.4 is 10.2 Å². The van der Waals surface area contributed by atoms with Crippen LogP contribution in [0.4, 0.5) is 0 Å². The van der Waals surface area contributed by atoms with Gasteiger partial charge in [0.25, 0.3) is 5.91 Å². The van der Waals surface area contributed by atoms with E-state index in [0.29, 0.717) is 27.6 Å². The Morgan fingerprint density at radius 3 is 2.50 bits per heavy atom. The van der Waals surface area contributed by atoms with E-state index in [2.05, 4.69) is 10.5 Å². The molecule has 0 bridgehead atoms. The number of hydrogen-bond acceptors (Lipinski definition) is 4. The van der Waals surface area contributed by atoms with Crippen LogP contribution in [0.25, 0.3) is 0 Å². The summed E-state index contributed by atoms with van der Waals surface area (Å²) in [6.07, 6.45) is 0.0716. The van der Waals surface area contributed by atoms with E-state index in [4.69, 9.17) is 16.3 Å². The molecule has 0 aliphatic rings. The summed E-state index contributed by atoms with van der Waals surface area (Å²) < 4.78 is 5.53. The van der Waals surface area contributed by atoms with Gasteiger partial charge in [0.1, 0.15) is 11.5 Å². The first-order valence-electron chi connectivity index (χ1n) is 7.47. The van der Waals surface area contributed by atoms with Crippen molar-refractivity contribution in [1.82, 2.24) is 5.43 Å². The van der Waals surface area contributed by atoms with Gasteiger partial charge in [-0.1, -0.05) is 11.6 Å². The number of nitrogens with one attached hydrogen (secondary N) is 1. The first-order chi connectivity index (χ1) is 11.4. The molecule has 0 heterocycles. The van der Waals surface area contributed by atoms with E-state index in [1.165, 1.54) is 6.07 Å². The molecular formula is C18H19ClN2O3. The number of amides is 1. The van der Waals surface area contributed by atoms with Gasteiger partial charge in [-0.3, -0.25) is 4.79 Å². The van der Waals surface area contributed by atoms with Crippen LogP contribution in [0.1, 0.15) is 36.7 Å². The van der Waals surface area contributed by atoms with Crippen molar-refractivity contribution < 1.29 is 14.6 Å². The van der Waals surface area contributed by atoms with Crippen LogP contribution >= 0.6 is 11.6 Å². The van der Waals surface area contributed by atoms with Crippen LogP contribution in [0, 0.1) is 0 Å². The summed E-state index contributed by atoms with van der Waals surface area (Å²) in [6, 6.07) is 11.4. The second-order valence-electron chi connectivity index (χ2n) is 5.49. The molecule has 0 aliphatic heterocycles. The van der Waals surface area contributed by atoms with E-state index >= 15 is 0 Å². The Morgan fingerprint density at radius 1 is 1.21 bits per heavy atom. The molecule has 0 aliphatic carbocycles. The van der Waals surface area contributed by atoms with Crippen LogP contribution in [0.15, 0.2) is 47.6 Å². The van der Waals surface area contributed by atoms with E-state index in [-0.39, 0.29) is 17.8 Å². The highest BCUT2D eigenvalue weighted by Crippen LogP contribution is 2.22. The lowest BCUT2D eigenvalue weighted by Crippen LogP contribution is -2.19. The number of carbonyl (C=O) groups is 1. The van der Waals surface area contributed by atoms with Crippen molar-refractivity contribution in [1.29, 1.82) is 0 Å². The molecule has 126 valence electrons. The molecule has 0 fully saturated rings. The van der Waals surface area contributed by atoms with Crippen molar-refractivity contribution in [3.8, 4) is 11.5 Å². The molecule has 0 saturated carbocycles. The fourth-order valence-electron chi connectivity index (χ4n) is 2.01. The minimum absolute atomic E-state index is 0.0464. The zero-order chi connectivity index (χ0) is 17.7. The van der Waals surface area contributed by atoms with Crippen LogP contribution in [0.2, 0.25) is 5.02 Å². The molecular weight excluding hydrogens is 328 g/mol. The van der Waals surface area contributed by atoms with Gasteiger partial charge in [-0.25, -0.2) is 5.43 Å². The number of ether oxygens (including phenoxy) is 1. The number of phenols is 1. The average Bonchev–Trinajstić information content (AvgIpc) is 2.54. The molecule has 0 saturated heterocycles. The normalized spacial score (nSPS) is 11.5. The molecule has 2 aromatic rings. The number of benzene rings is 2. The highest BCUT2D eigenvalue weighted by Gasteiger charge is 2.08. The zero-order valence-electron chi connectivity index (χ0n) is 13.7. The van der Waals surface area contributed by atoms with Crippen molar-refractivity contribution in [3.63, 3.8) is 0 Å². The maximum absolute atomic E-state index is 12.1. The summed E-state index contributed by atoms with van der Waals surface area (Å²) in [7, 11) is 0. The number of phenolic OH excluding ortho intramolecular Hbond substituents is 1. The molecule has 2 N–H and O–H groups in total. The van der Waals surface area contributed by atoms with Gasteiger partial charge >= 0.3 is 0 Å². The lowest BCUT2D eigenvalue weighted by atomic mass is 10.1. The first kappa shape index (κ1) is 17.8. The van der Waals surface area contributed by atoms with Crippen molar-refractivity contribution in [3.05, 3.63) is 58.6 Å². The number of hydrogen-bond donors (Lipinski definition) is 2. The van der Waals surface area contributed by atoms with Gasteiger partial charge in [0.15, 0.2) is 0 Å². The maximum Gasteiger partial charge on any atom is 0.271 e. The van der Waals surface area contributed by atoms with E-state index in [1.54, 1.807) is 43.3 Å². The van der Waals surface area contributed by atoms with E-state index < -0.39 is 0 Å². The Kier molecular flexibility index (Phi) is 5.82. The largest absolute Gasteiger partial charge is 0.507 e. The van der Waals surface area contributed by atoms with Crippen LogP contribution in [-0.2, 0) is 0 Å². The molecule has 0 aromatic heterocycles. The van der Waals surface area contributed by atoms with Gasteiger partial charge in [-0.05, 0) is 63.2 Å². The Labute approximate surface area is 145 Å². The minimum Gasteiger partial charge on any atom is -0.507 e. The van der Waals surface area contributed by atoms with E-state index in [9.17, 15) is 9.90 Å². The van der Waals surface area contributed by atoms with Gasteiger partial charge in [-0.2, -0.15) is 5.10 Å². The first-order valence-corrected chi connectivity index (χ1v) is 7.85. The third-order valence-corrected chi connectivity index (χ3v) is 3.40. The van der Waals surface area contributed by atoms with Gasteiger partial charge in [-0.15, -0.1) is 0 Å². The predicted molar refractivity (Wildman–Crippen MR) is 95.0 cm³/mol. The molecule has 0 spiro atoms. The summed E-state index contributed by atoms with van der Waals surface area (Å²) in [5.74, 6) is 0.391. The number of halogens is 1. The third-order valence-electron chi connectivity index (χ3n) is 3.16. The maximum atomic E-state index is 12.1. The predicted octanol–water partition coefficient (Wildman–Crippen LogP) is 3.99. The lowest BCUT2D eigenvalue weighted by molar-refractivity contribution is 0.0955. The van der Waals surface area contributed by atoms with Gasteiger partial charge in [0.2, 0.25) is 0 Å². The van der Waals surface area contributed by atoms with Crippen LogP contribution in [0.3, 0.4) is 0 Å². The molecule has 1 amide bonds. The second kappa shape index (κ2) is 7.84. The van der Waals surface area contributed by atoms with Crippen molar-refractivity contribution in [2.75, 3.05) is 0 Å². The van der Waals surface area contributed by atoms with Crippen LogP contribution in [-0.4, -0.2) is 22.8 Å². The second-order valence-corrected chi connectivity index (χ2v) is 5.93. The third kappa shape index (κ3) is 4.73. The Bertz CT molecular complexity index is 755. The van der Waals surface area contributed by atoms with E-state index in [1.807, 2.05) is 13.8 Å². The number of hydrazone groups is 1. The molecule has 24 heavy (non-hydrogen) atoms. The van der Waals surface area contributed by atoms with Gasteiger partial charge in [0.05, 0.1) is 11.8 Å². The van der Waals surface area contributed by atoms with Crippen LogP contribution in [0.5, 0.6) is 11.5 Å². The van der Waals surface area contributed by atoms with Crippen molar-refractivity contribution in [2.24, 2.45) is 5.10 Å². The highest BCUT2D eigenvalue weighted by molar-refractivity contribution is 6.31. The molecule has 2 aromatic carbocycles. The summed E-state index contributed by atoms with van der Waals surface area (Å²) in [5, 5.41) is 14.3.